The standard InChI is InChI=1S/C44H30N2/c1-3-10-31(11-4-1)34-18-23-36(24-19-34)42-30-43(46-44(45-42)41-27-22-33-14-7-8-15-38(33)29-41)37-25-20-35(21-26-37)40-17-9-16-39(28-40)32-12-5-2-6-13-32/h1-30H. The fourth-order valence-corrected chi connectivity index (χ4v) is 6.01. The van der Waals surface area contributed by atoms with E-state index in [1.807, 2.05) is 6.07 Å². The second kappa shape index (κ2) is 12.1. The van der Waals surface area contributed by atoms with E-state index in [1.165, 1.54) is 44.2 Å². The third-order valence-electron chi connectivity index (χ3n) is 8.51. The van der Waals surface area contributed by atoms with Crippen molar-refractivity contribution in [2.24, 2.45) is 0 Å². The van der Waals surface area contributed by atoms with E-state index in [-0.39, 0.29) is 0 Å². The molecule has 7 aromatic carbocycles. The second-order valence-corrected chi connectivity index (χ2v) is 11.5. The molecule has 0 amide bonds. The monoisotopic (exact) mass is 586 g/mol. The first-order chi connectivity index (χ1) is 22.8. The van der Waals surface area contributed by atoms with Crippen LogP contribution >= 0.6 is 0 Å². The molecule has 8 aromatic rings. The topological polar surface area (TPSA) is 25.8 Å². The van der Waals surface area contributed by atoms with Crippen LogP contribution in [-0.4, -0.2) is 9.97 Å². The van der Waals surface area contributed by atoms with Crippen LogP contribution in [-0.2, 0) is 0 Å². The van der Waals surface area contributed by atoms with E-state index in [4.69, 9.17) is 9.97 Å². The lowest BCUT2D eigenvalue weighted by Gasteiger charge is -2.11. The zero-order valence-electron chi connectivity index (χ0n) is 25.2. The lowest BCUT2D eigenvalue weighted by Crippen LogP contribution is -1.96. The molecular formula is C44H30N2. The van der Waals surface area contributed by atoms with Gasteiger partial charge in [0.2, 0.25) is 0 Å². The summed E-state index contributed by atoms with van der Waals surface area (Å²) in [5, 5.41) is 2.37. The molecule has 0 atom stereocenters. The van der Waals surface area contributed by atoms with Gasteiger partial charge in [-0.25, -0.2) is 9.97 Å². The van der Waals surface area contributed by atoms with Crippen molar-refractivity contribution in [3.63, 3.8) is 0 Å². The maximum atomic E-state index is 5.12. The Hall–Kier alpha value is -6.12. The van der Waals surface area contributed by atoms with Gasteiger partial charge in [-0.05, 0) is 62.4 Å². The molecule has 0 spiro atoms. The SMILES string of the molecule is c1ccc(-c2ccc(-c3cc(-c4ccc(-c5cccc(-c6ccccc6)c5)cc4)nc(-c4ccc5ccccc5c4)n3)cc2)cc1. The highest BCUT2D eigenvalue weighted by molar-refractivity contribution is 5.87. The van der Waals surface area contributed by atoms with Crippen molar-refractivity contribution in [1.29, 1.82) is 0 Å². The summed E-state index contributed by atoms with van der Waals surface area (Å²) in [6.07, 6.45) is 0. The number of rotatable bonds is 6. The van der Waals surface area contributed by atoms with Crippen LogP contribution < -0.4 is 0 Å². The minimum Gasteiger partial charge on any atom is -0.228 e. The summed E-state index contributed by atoms with van der Waals surface area (Å²) >= 11 is 0. The molecule has 0 fully saturated rings. The lowest BCUT2D eigenvalue weighted by molar-refractivity contribution is 1.18. The molecule has 0 aliphatic rings. The number of nitrogens with zero attached hydrogens (tertiary/aromatic N) is 2. The molecule has 1 heterocycles. The van der Waals surface area contributed by atoms with Crippen LogP contribution in [0.5, 0.6) is 0 Å². The number of aromatic nitrogens is 2. The summed E-state index contributed by atoms with van der Waals surface area (Å²) in [6.45, 7) is 0. The van der Waals surface area contributed by atoms with Crippen LogP contribution in [0.1, 0.15) is 0 Å². The van der Waals surface area contributed by atoms with Gasteiger partial charge in [-0.3, -0.25) is 0 Å². The maximum absolute atomic E-state index is 5.12. The van der Waals surface area contributed by atoms with Crippen LogP contribution in [0.2, 0.25) is 0 Å². The molecule has 0 aliphatic carbocycles. The van der Waals surface area contributed by atoms with Crippen molar-refractivity contribution < 1.29 is 0 Å². The predicted molar refractivity (Wildman–Crippen MR) is 192 cm³/mol. The van der Waals surface area contributed by atoms with Crippen molar-refractivity contribution in [2.45, 2.75) is 0 Å². The smallest absolute Gasteiger partial charge is 0.160 e. The van der Waals surface area contributed by atoms with Crippen LogP contribution in [0.3, 0.4) is 0 Å². The number of benzene rings is 7. The highest BCUT2D eigenvalue weighted by Crippen LogP contribution is 2.32. The Balaban J connectivity index is 1.19. The van der Waals surface area contributed by atoms with Gasteiger partial charge in [0.15, 0.2) is 5.82 Å². The first kappa shape index (κ1) is 27.4. The maximum Gasteiger partial charge on any atom is 0.160 e. The molecule has 216 valence electrons. The zero-order chi connectivity index (χ0) is 30.7. The average Bonchev–Trinajstić information content (AvgIpc) is 3.15. The van der Waals surface area contributed by atoms with E-state index < -0.39 is 0 Å². The molecular weight excluding hydrogens is 556 g/mol. The normalized spacial score (nSPS) is 11.0. The Kier molecular flexibility index (Phi) is 7.22. The van der Waals surface area contributed by atoms with E-state index in [9.17, 15) is 0 Å². The van der Waals surface area contributed by atoms with Gasteiger partial charge in [0.25, 0.3) is 0 Å². The van der Waals surface area contributed by atoms with Gasteiger partial charge in [0.1, 0.15) is 0 Å². The molecule has 0 saturated heterocycles. The van der Waals surface area contributed by atoms with Gasteiger partial charge < -0.3 is 0 Å². The first-order valence-electron chi connectivity index (χ1n) is 15.6. The summed E-state index contributed by atoms with van der Waals surface area (Å²) in [4.78, 5) is 10.2. The van der Waals surface area contributed by atoms with Crippen molar-refractivity contribution >= 4 is 10.8 Å². The fourth-order valence-electron chi connectivity index (χ4n) is 6.01. The molecule has 0 unspecified atom stereocenters. The van der Waals surface area contributed by atoms with Gasteiger partial charge in [-0.15, -0.1) is 0 Å². The van der Waals surface area contributed by atoms with Crippen molar-refractivity contribution in [1.82, 2.24) is 9.97 Å². The number of hydrogen-bond donors (Lipinski definition) is 0. The van der Waals surface area contributed by atoms with Gasteiger partial charge in [-0.2, -0.15) is 0 Å². The minimum atomic E-state index is 0.713. The van der Waals surface area contributed by atoms with Crippen molar-refractivity contribution in [3.05, 3.63) is 182 Å². The van der Waals surface area contributed by atoms with Crippen LogP contribution in [0.25, 0.3) is 78.1 Å². The van der Waals surface area contributed by atoms with E-state index >= 15 is 0 Å². The molecule has 0 saturated carbocycles. The molecule has 1 aromatic heterocycles. The van der Waals surface area contributed by atoms with Gasteiger partial charge in [-0.1, -0.05) is 164 Å². The third-order valence-corrected chi connectivity index (χ3v) is 8.51. The molecule has 2 heteroatoms. The van der Waals surface area contributed by atoms with Gasteiger partial charge in [0.05, 0.1) is 11.4 Å². The first-order valence-corrected chi connectivity index (χ1v) is 15.6. The predicted octanol–water partition coefficient (Wildman–Crippen LogP) is 11.6. The van der Waals surface area contributed by atoms with E-state index in [1.54, 1.807) is 0 Å². The van der Waals surface area contributed by atoms with E-state index in [0.29, 0.717) is 5.82 Å². The minimum absolute atomic E-state index is 0.713. The van der Waals surface area contributed by atoms with E-state index in [0.717, 1.165) is 28.1 Å². The van der Waals surface area contributed by atoms with Gasteiger partial charge in [0, 0.05) is 16.7 Å². The average molecular weight is 587 g/mol. The summed E-state index contributed by atoms with van der Waals surface area (Å²) in [7, 11) is 0. The van der Waals surface area contributed by atoms with E-state index in [2.05, 4.69) is 176 Å². The summed E-state index contributed by atoms with van der Waals surface area (Å²) in [5.41, 5.74) is 12.1. The molecule has 8 rings (SSSR count). The second-order valence-electron chi connectivity index (χ2n) is 11.5. The van der Waals surface area contributed by atoms with Crippen molar-refractivity contribution in [2.75, 3.05) is 0 Å². The lowest BCUT2D eigenvalue weighted by atomic mass is 9.97. The quantitative estimate of drug-likeness (QED) is 0.194. The zero-order valence-corrected chi connectivity index (χ0v) is 25.2. The third kappa shape index (κ3) is 5.60. The molecule has 0 bridgehead atoms. The fraction of sp³-hybridized carbons (Fsp3) is 0. The molecule has 46 heavy (non-hydrogen) atoms. The van der Waals surface area contributed by atoms with Crippen LogP contribution in [0.15, 0.2) is 182 Å². The highest BCUT2D eigenvalue weighted by Gasteiger charge is 2.12. The van der Waals surface area contributed by atoms with Gasteiger partial charge >= 0.3 is 0 Å². The number of fused-ring (bicyclic) bond motifs is 1. The Morgan fingerprint density at radius 1 is 0.239 bits per heavy atom. The van der Waals surface area contributed by atoms with Crippen LogP contribution in [0.4, 0.5) is 0 Å². The summed E-state index contributed by atoms with van der Waals surface area (Å²) in [5.74, 6) is 0.713. The summed E-state index contributed by atoms with van der Waals surface area (Å²) < 4.78 is 0. The summed E-state index contributed by atoms with van der Waals surface area (Å²) in [6, 6.07) is 64.0. The Morgan fingerprint density at radius 2 is 0.652 bits per heavy atom. The van der Waals surface area contributed by atoms with Crippen molar-refractivity contribution in [3.8, 4) is 67.3 Å². The Bertz CT molecular complexity index is 2270. The number of hydrogen-bond acceptors (Lipinski definition) is 2. The largest absolute Gasteiger partial charge is 0.228 e. The molecule has 0 radical (unpaired) electrons. The molecule has 2 nitrogen and oxygen atoms in total. The molecule has 0 N–H and O–H groups in total. The highest BCUT2D eigenvalue weighted by atomic mass is 14.9. The Labute approximate surface area is 269 Å². The Morgan fingerprint density at radius 3 is 1.24 bits per heavy atom. The van der Waals surface area contributed by atoms with Crippen LogP contribution in [0, 0.1) is 0 Å². The molecule has 0 aliphatic heterocycles.